The SMILES string of the molecule is C=C1NC(=O)C(C)=CN1[C@@H]1CC(O)[C@H](CO)O1. The second-order valence-corrected chi connectivity index (χ2v) is 4.24. The third-order valence-corrected chi connectivity index (χ3v) is 2.95. The number of hydrogen-bond donors (Lipinski definition) is 3. The Kier molecular flexibility index (Phi) is 3.19. The molecule has 1 unspecified atom stereocenters. The maximum absolute atomic E-state index is 11.4. The fraction of sp³-hybridized carbons (Fsp3) is 0.545. The minimum absolute atomic E-state index is 0.191. The Morgan fingerprint density at radius 3 is 3.00 bits per heavy atom. The third-order valence-electron chi connectivity index (χ3n) is 2.95. The van der Waals surface area contributed by atoms with Gasteiger partial charge >= 0.3 is 0 Å². The maximum atomic E-state index is 11.4. The average Bonchev–Trinajstić information content (AvgIpc) is 2.65. The van der Waals surface area contributed by atoms with Gasteiger partial charge < -0.3 is 25.2 Å². The highest BCUT2D eigenvalue weighted by molar-refractivity contribution is 5.94. The lowest BCUT2D eigenvalue weighted by atomic mass is 10.1. The fourth-order valence-electron chi connectivity index (χ4n) is 1.95. The van der Waals surface area contributed by atoms with Gasteiger partial charge in [0.25, 0.3) is 5.91 Å². The summed E-state index contributed by atoms with van der Waals surface area (Å²) in [6.07, 6.45) is 0.302. The number of hydrogen-bond acceptors (Lipinski definition) is 5. The number of aliphatic hydroxyl groups excluding tert-OH is 2. The number of carbonyl (C=O) groups excluding carboxylic acids is 1. The van der Waals surface area contributed by atoms with E-state index in [0.717, 1.165) is 0 Å². The van der Waals surface area contributed by atoms with E-state index >= 15 is 0 Å². The summed E-state index contributed by atoms with van der Waals surface area (Å²) in [6, 6.07) is 0. The molecule has 94 valence electrons. The highest BCUT2D eigenvalue weighted by Crippen LogP contribution is 2.27. The van der Waals surface area contributed by atoms with Crippen LogP contribution < -0.4 is 5.32 Å². The standard InChI is InChI=1S/C11H16N2O4/c1-6-4-13(7(2)12-11(6)16)10-3-8(15)9(5-14)17-10/h4,8-10,14-15H,2-3,5H2,1H3,(H,12,16)/t8?,9-,10-/m0/s1. The molecule has 3 atom stereocenters. The van der Waals surface area contributed by atoms with E-state index in [1.54, 1.807) is 18.0 Å². The number of amides is 1. The van der Waals surface area contributed by atoms with Crippen molar-refractivity contribution in [1.29, 1.82) is 0 Å². The molecule has 2 aliphatic heterocycles. The molecule has 0 aromatic heterocycles. The molecule has 17 heavy (non-hydrogen) atoms. The molecule has 2 aliphatic rings. The Balaban J connectivity index is 2.13. The second kappa shape index (κ2) is 4.48. The molecular weight excluding hydrogens is 224 g/mol. The molecular formula is C11H16N2O4. The summed E-state index contributed by atoms with van der Waals surface area (Å²) < 4.78 is 5.49. The molecule has 0 bridgehead atoms. The van der Waals surface area contributed by atoms with E-state index in [0.29, 0.717) is 17.8 Å². The molecule has 0 aliphatic carbocycles. The molecule has 0 aromatic carbocycles. The smallest absolute Gasteiger partial charge is 0.253 e. The van der Waals surface area contributed by atoms with Gasteiger partial charge in [0.1, 0.15) is 18.2 Å². The van der Waals surface area contributed by atoms with Gasteiger partial charge in [0.2, 0.25) is 0 Å². The van der Waals surface area contributed by atoms with Crippen molar-refractivity contribution in [3.63, 3.8) is 0 Å². The molecule has 2 heterocycles. The van der Waals surface area contributed by atoms with Crippen molar-refractivity contribution in [2.24, 2.45) is 0 Å². The van der Waals surface area contributed by atoms with Crippen molar-refractivity contribution in [1.82, 2.24) is 10.2 Å². The molecule has 1 fully saturated rings. The highest BCUT2D eigenvalue weighted by atomic mass is 16.5. The minimum Gasteiger partial charge on any atom is -0.394 e. The first kappa shape index (κ1) is 12.1. The van der Waals surface area contributed by atoms with Crippen molar-refractivity contribution in [2.45, 2.75) is 31.8 Å². The predicted octanol–water partition coefficient (Wildman–Crippen LogP) is -0.739. The van der Waals surface area contributed by atoms with Crippen LogP contribution >= 0.6 is 0 Å². The van der Waals surface area contributed by atoms with Crippen LogP contribution in [0.4, 0.5) is 0 Å². The van der Waals surface area contributed by atoms with E-state index < -0.39 is 18.4 Å². The first-order chi connectivity index (χ1) is 8.02. The number of aliphatic hydroxyl groups is 2. The van der Waals surface area contributed by atoms with E-state index in [-0.39, 0.29) is 12.5 Å². The van der Waals surface area contributed by atoms with E-state index in [1.807, 2.05) is 0 Å². The first-order valence-electron chi connectivity index (χ1n) is 5.44. The number of nitrogens with one attached hydrogen (secondary N) is 1. The van der Waals surface area contributed by atoms with Gasteiger partial charge in [-0.2, -0.15) is 0 Å². The van der Waals surface area contributed by atoms with E-state index in [4.69, 9.17) is 9.84 Å². The summed E-state index contributed by atoms with van der Waals surface area (Å²) in [5.41, 5.74) is 0.544. The van der Waals surface area contributed by atoms with Crippen LogP contribution in [-0.2, 0) is 9.53 Å². The molecule has 2 rings (SSSR count). The van der Waals surface area contributed by atoms with E-state index in [1.165, 1.54) is 0 Å². The minimum atomic E-state index is -0.705. The van der Waals surface area contributed by atoms with Gasteiger partial charge in [0.15, 0.2) is 0 Å². The van der Waals surface area contributed by atoms with Crippen molar-refractivity contribution in [2.75, 3.05) is 6.61 Å². The monoisotopic (exact) mass is 240 g/mol. The van der Waals surface area contributed by atoms with Crippen molar-refractivity contribution >= 4 is 5.91 Å². The molecule has 6 nitrogen and oxygen atoms in total. The van der Waals surface area contributed by atoms with Crippen molar-refractivity contribution in [3.05, 3.63) is 24.2 Å². The van der Waals surface area contributed by atoms with Crippen LogP contribution in [-0.4, -0.2) is 46.1 Å². The van der Waals surface area contributed by atoms with Gasteiger partial charge in [-0.25, -0.2) is 0 Å². The zero-order valence-corrected chi connectivity index (χ0v) is 9.59. The van der Waals surface area contributed by atoms with Gasteiger partial charge in [0, 0.05) is 18.2 Å². The van der Waals surface area contributed by atoms with Gasteiger partial charge in [-0.1, -0.05) is 6.58 Å². The van der Waals surface area contributed by atoms with Crippen LogP contribution in [0.25, 0.3) is 0 Å². The van der Waals surface area contributed by atoms with Gasteiger partial charge in [-0.05, 0) is 6.92 Å². The second-order valence-electron chi connectivity index (χ2n) is 4.24. The van der Waals surface area contributed by atoms with E-state index in [9.17, 15) is 9.90 Å². The Hall–Kier alpha value is -1.37. The summed E-state index contributed by atoms with van der Waals surface area (Å²) in [5, 5.41) is 21.2. The van der Waals surface area contributed by atoms with Crippen LogP contribution in [0.15, 0.2) is 24.2 Å². The number of nitrogens with zero attached hydrogens (tertiary/aromatic N) is 1. The lowest BCUT2D eigenvalue weighted by Crippen LogP contribution is -2.42. The Labute approximate surface area is 99.2 Å². The highest BCUT2D eigenvalue weighted by Gasteiger charge is 2.38. The van der Waals surface area contributed by atoms with Crippen LogP contribution in [0, 0.1) is 0 Å². The molecule has 1 amide bonds. The molecule has 0 aromatic rings. The zero-order chi connectivity index (χ0) is 12.6. The van der Waals surface area contributed by atoms with Crippen molar-refractivity contribution in [3.8, 4) is 0 Å². The number of carbonyl (C=O) groups is 1. The molecule has 0 spiro atoms. The summed E-state index contributed by atoms with van der Waals surface area (Å²) in [7, 11) is 0. The molecule has 1 saturated heterocycles. The fourth-order valence-corrected chi connectivity index (χ4v) is 1.95. The quantitative estimate of drug-likeness (QED) is 0.592. The van der Waals surface area contributed by atoms with Crippen LogP contribution in [0.5, 0.6) is 0 Å². The Morgan fingerprint density at radius 1 is 1.71 bits per heavy atom. The predicted molar refractivity (Wildman–Crippen MR) is 59.2 cm³/mol. The lowest BCUT2D eigenvalue weighted by molar-refractivity contribution is -0.118. The topological polar surface area (TPSA) is 82.0 Å². The maximum Gasteiger partial charge on any atom is 0.253 e. The summed E-state index contributed by atoms with van der Waals surface area (Å²) in [5.74, 6) is 0.222. The normalized spacial score (nSPS) is 33.7. The summed E-state index contributed by atoms with van der Waals surface area (Å²) in [4.78, 5) is 13.0. The molecule has 0 radical (unpaired) electrons. The number of rotatable bonds is 2. The molecule has 0 saturated carbocycles. The van der Waals surface area contributed by atoms with E-state index in [2.05, 4.69) is 11.9 Å². The Morgan fingerprint density at radius 2 is 2.41 bits per heavy atom. The summed E-state index contributed by atoms with van der Waals surface area (Å²) in [6.45, 7) is 5.18. The third kappa shape index (κ3) is 2.19. The largest absolute Gasteiger partial charge is 0.394 e. The first-order valence-corrected chi connectivity index (χ1v) is 5.44. The molecule has 3 N–H and O–H groups in total. The van der Waals surface area contributed by atoms with Crippen LogP contribution in [0.3, 0.4) is 0 Å². The van der Waals surface area contributed by atoms with Crippen LogP contribution in [0.2, 0.25) is 0 Å². The van der Waals surface area contributed by atoms with Gasteiger partial charge in [-0.15, -0.1) is 0 Å². The Bertz CT molecular complexity index is 380. The van der Waals surface area contributed by atoms with Gasteiger partial charge in [-0.3, -0.25) is 4.79 Å². The average molecular weight is 240 g/mol. The van der Waals surface area contributed by atoms with Crippen molar-refractivity contribution < 1.29 is 19.7 Å². The van der Waals surface area contributed by atoms with Crippen LogP contribution in [0.1, 0.15) is 13.3 Å². The summed E-state index contributed by atoms with van der Waals surface area (Å²) >= 11 is 0. The zero-order valence-electron chi connectivity index (χ0n) is 9.59. The number of ether oxygens (including phenoxy) is 1. The molecule has 6 heteroatoms. The lowest BCUT2D eigenvalue weighted by Gasteiger charge is -2.32. The van der Waals surface area contributed by atoms with Gasteiger partial charge in [0.05, 0.1) is 12.7 Å².